The second kappa shape index (κ2) is 7.37. The van der Waals surface area contributed by atoms with Crippen molar-refractivity contribution in [2.45, 2.75) is 12.8 Å². The van der Waals surface area contributed by atoms with Crippen molar-refractivity contribution in [1.29, 1.82) is 0 Å². The number of aromatic nitrogens is 6. The Morgan fingerprint density at radius 1 is 1.12 bits per heavy atom. The fourth-order valence-corrected chi connectivity index (χ4v) is 3.83. The summed E-state index contributed by atoms with van der Waals surface area (Å²) in [7, 11) is 3.58. The number of carbonyl (C=O) groups excluding carboxylic acids is 1. The molecule has 33 heavy (non-hydrogen) atoms. The largest absolute Gasteiger partial charge is 0.436 e. The van der Waals surface area contributed by atoms with Gasteiger partial charge in [0, 0.05) is 48.7 Å². The lowest BCUT2D eigenvalue weighted by Crippen LogP contribution is -2.14. The summed E-state index contributed by atoms with van der Waals surface area (Å²) >= 11 is 0. The molecular weight excluding hydrogens is 420 g/mol. The summed E-state index contributed by atoms with van der Waals surface area (Å²) in [6.45, 7) is 0. The minimum Gasteiger partial charge on any atom is -0.436 e. The Bertz CT molecular complexity index is 1530. The molecule has 2 N–H and O–H groups in total. The van der Waals surface area contributed by atoms with Crippen LogP contribution in [0, 0.1) is 5.92 Å². The van der Waals surface area contributed by atoms with E-state index in [0.29, 0.717) is 34.2 Å². The number of anilines is 2. The summed E-state index contributed by atoms with van der Waals surface area (Å²) < 4.78 is 6.08. The van der Waals surface area contributed by atoms with Crippen molar-refractivity contribution in [1.82, 2.24) is 29.9 Å². The van der Waals surface area contributed by atoms with E-state index >= 15 is 0 Å². The number of aryl methyl sites for hydroxylation is 1. The zero-order valence-corrected chi connectivity index (χ0v) is 18.0. The average Bonchev–Trinajstić information content (AvgIpc) is 3.46. The summed E-state index contributed by atoms with van der Waals surface area (Å²) in [6.07, 6.45) is 6.99. The predicted octanol–water partition coefficient (Wildman–Crippen LogP) is 3.62. The van der Waals surface area contributed by atoms with Gasteiger partial charge in [0.05, 0.1) is 11.8 Å². The molecule has 4 aromatic heterocycles. The van der Waals surface area contributed by atoms with Crippen molar-refractivity contribution in [3.63, 3.8) is 0 Å². The SMILES string of the molecule is CNc1ncc(-c2nc3cc(-c4cnn(C)n4)ccc3o2)c2cc(NC(=O)C3CC3)ncc12. The first-order valence-electron chi connectivity index (χ1n) is 10.6. The van der Waals surface area contributed by atoms with E-state index in [9.17, 15) is 4.79 Å². The maximum absolute atomic E-state index is 12.2. The van der Waals surface area contributed by atoms with E-state index in [1.807, 2.05) is 24.3 Å². The van der Waals surface area contributed by atoms with Gasteiger partial charge in [-0.15, -0.1) is 0 Å². The molecule has 1 amide bonds. The van der Waals surface area contributed by atoms with Crippen LogP contribution < -0.4 is 10.6 Å². The van der Waals surface area contributed by atoms with Crippen molar-refractivity contribution in [2.75, 3.05) is 17.7 Å². The van der Waals surface area contributed by atoms with E-state index in [1.165, 1.54) is 4.80 Å². The van der Waals surface area contributed by atoms with Crippen molar-refractivity contribution in [3.05, 3.63) is 42.9 Å². The molecule has 0 unspecified atom stereocenters. The van der Waals surface area contributed by atoms with E-state index in [1.54, 1.807) is 32.7 Å². The maximum Gasteiger partial charge on any atom is 0.229 e. The van der Waals surface area contributed by atoms with Gasteiger partial charge in [-0.05, 0) is 37.1 Å². The molecule has 0 saturated heterocycles. The highest BCUT2D eigenvalue weighted by molar-refractivity contribution is 6.03. The van der Waals surface area contributed by atoms with E-state index in [4.69, 9.17) is 9.40 Å². The number of nitrogens with one attached hydrogen (secondary N) is 2. The van der Waals surface area contributed by atoms with Gasteiger partial charge in [0.15, 0.2) is 5.58 Å². The molecule has 1 aliphatic rings. The number of oxazole rings is 1. The standard InChI is InChI=1S/C23H20N8O2/c1-24-21-15-9-25-20(29-22(32)12-3-4-12)8-14(15)16(10-26-21)23-28-17-7-13(5-6-19(17)33-23)18-11-27-31(2)30-18/h5-12H,3-4H2,1-2H3,(H,24,26)(H,25,29,32). The second-order valence-electron chi connectivity index (χ2n) is 8.07. The topological polar surface area (TPSA) is 124 Å². The van der Waals surface area contributed by atoms with E-state index < -0.39 is 0 Å². The molecule has 6 rings (SSSR count). The number of amides is 1. The first kappa shape index (κ1) is 19.4. The lowest BCUT2D eigenvalue weighted by Gasteiger charge is -2.10. The number of fused-ring (bicyclic) bond motifs is 2. The molecular formula is C23H20N8O2. The number of nitrogens with zero attached hydrogens (tertiary/aromatic N) is 6. The number of rotatable bonds is 5. The Morgan fingerprint density at radius 3 is 2.76 bits per heavy atom. The van der Waals surface area contributed by atoms with E-state index in [2.05, 4.69) is 30.8 Å². The molecule has 1 fully saturated rings. The minimum atomic E-state index is 0.00435. The zero-order valence-electron chi connectivity index (χ0n) is 18.0. The van der Waals surface area contributed by atoms with E-state index in [0.717, 1.165) is 34.9 Å². The smallest absolute Gasteiger partial charge is 0.229 e. The highest BCUT2D eigenvalue weighted by atomic mass is 16.3. The fraction of sp³-hybridized carbons (Fsp3) is 0.217. The monoisotopic (exact) mass is 440 g/mol. The predicted molar refractivity (Wildman–Crippen MR) is 123 cm³/mol. The molecule has 1 aromatic carbocycles. The quantitative estimate of drug-likeness (QED) is 0.425. The molecule has 1 saturated carbocycles. The Labute approximate surface area is 188 Å². The minimum absolute atomic E-state index is 0.00435. The number of hydrogen-bond acceptors (Lipinski definition) is 8. The first-order valence-corrected chi connectivity index (χ1v) is 10.6. The van der Waals surface area contributed by atoms with Crippen LogP contribution in [-0.4, -0.2) is 42.9 Å². The first-order chi connectivity index (χ1) is 16.1. The number of hydrogen-bond donors (Lipinski definition) is 2. The lowest BCUT2D eigenvalue weighted by atomic mass is 10.1. The third-order valence-electron chi connectivity index (χ3n) is 5.72. The molecule has 0 bridgehead atoms. The molecule has 10 nitrogen and oxygen atoms in total. The third-order valence-corrected chi connectivity index (χ3v) is 5.72. The molecule has 0 radical (unpaired) electrons. The van der Waals surface area contributed by atoms with Crippen LogP contribution in [0.4, 0.5) is 11.6 Å². The van der Waals surface area contributed by atoms with Crippen LogP contribution in [-0.2, 0) is 11.8 Å². The average molecular weight is 440 g/mol. The number of pyridine rings is 2. The van der Waals surface area contributed by atoms with Gasteiger partial charge in [0.25, 0.3) is 0 Å². The van der Waals surface area contributed by atoms with Crippen molar-refractivity contribution < 1.29 is 9.21 Å². The molecule has 5 aromatic rings. The third kappa shape index (κ3) is 3.45. The Morgan fingerprint density at radius 2 is 2.00 bits per heavy atom. The molecule has 4 heterocycles. The summed E-state index contributed by atoms with van der Waals surface area (Å²) in [5.41, 5.74) is 3.73. The van der Waals surface area contributed by atoms with Gasteiger partial charge in [-0.25, -0.2) is 15.0 Å². The van der Waals surface area contributed by atoms with Gasteiger partial charge in [0.1, 0.15) is 22.8 Å². The molecule has 164 valence electrons. The Kier molecular flexibility index (Phi) is 4.32. The van der Waals surface area contributed by atoms with Gasteiger partial charge in [0.2, 0.25) is 11.8 Å². The van der Waals surface area contributed by atoms with Gasteiger partial charge in [-0.2, -0.15) is 15.0 Å². The maximum atomic E-state index is 12.2. The van der Waals surface area contributed by atoms with E-state index in [-0.39, 0.29) is 11.8 Å². The Hall–Kier alpha value is -4.34. The van der Waals surface area contributed by atoms with Gasteiger partial charge in [-0.3, -0.25) is 4.79 Å². The summed E-state index contributed by atoms with van der Waals surface area (Å²) in [5, 5.41) is 16.1. The van der Waals surface area contributed by atoms with Crippen LogP contribution in [0.25, 0.3) is 44.6 Å². The van der Waals surface area contributed by atoms with Crippen LogP contribution in [0.1, 0.15) is 12.8 Å². The van der Waals surface area contributed by atoms with Crippen LogP contribution in [0.15, 0.2) is 47.3 Å². The van der Waals surface area contributed by atoms with Crippen molar-refractivity contribution in [2.24, 2.45) is 13.0 Å². The molecule has 1 aliphatic carbocycles. The van der Waals surface area contributed by atoms with Crippen LogP contribution in [0.2, 0.25) is 0 Å². The van der Waals surface area contributed by atoms with Gasteiger partial charge >= 0.3 is 0 Å². The molecule has 0 atom stereocenters. The van der Waals surface area contributed by atoms with Crippen LogP contribution in [0.3, 0.4) is 0 Å². The zero-order chi connectivity index (χ0) is 22.5. The summed E-state index contributed by atoms with van der Waals surface area (Å²) in [5.74, 6) is 1.71. The molecule has 10 heteroatoms. The highest BCUT2D eigenvalue weighted by Crippen LogP contribution is 2.35. The fourth-order valence-electron chi connectivity index (χ4n) is 3.83. The van der Waals surface area contributed by atoms with Crippen molar-refractivity contribution in [3.8, 4) is 22.7 Å². The van der Waals surface area contributed by atoms with Gasteiger partial charge in [-0.1, -0.05) is 0 Å². The lowest BCUT2D eigenvalue weighted by molar-refractivity contribution is -0.117. The summed E-state index contributed by atoms with van der Waals surface area (Å²) in [6, 6.07) is 7.56. The number of carbonyl (C=O) groups is 1. The van der Waals surface area contributed by atoms with Crippen LogP contribution >= 0.6 is 0 Å². The van der Waals surface area contributed by atoms with Gasteiger partial charge < -0.3 is 15.1 Å². The highest BCUT2D eigenvalue weighted by Gasteiger charge is 2.30. The normalized spacial score (nSPS) is 13.5. The summed E-state index contributed by atoms with van der Waals surface area (Å²) in [4.78, 5) is 27.4. The molecule has 0 aliphatic heterocycles. The molecule has 0 spiro atoms. The Balaban J connectivity index is 1.45. The van der Waals surface area contributed by atoms with Crippen molar-refractivity contribution >= 4 is 39.4 Å². The second-order valence-corrected chi connectivity index (χ2v) is 8.07. The number of benzene rings is 1. The van der Waals surface area contributed by atoms with Crippen LogP contribution in [0.5, 0.6) is 0 Å².